The van der Waals surface area contributed by atoms with Gasteiger partial charge in [-0.05, 0) is 47.0 Å². The summed E-state index contributed by atoms with van der Waals surface area (Å²) in [6, 6.07) is 0. The number of ether oxygens (including phenoxy) is 1. The number of aliphatic carboxylic acids is 1. The molecule has 0 saturated carbocycles. The lowest BCUT2D eigenvalue weighted by molar-refractivity contribution is -0.154. The first-order valence-corrected chi connectivity index (χ1v) is 6.34. The van der Waals surface area contributed by atoms with E-state index in [1.54, 1.807) is 13.0 Å². The van der Waals surface area contributed by atoms with Gasteiger partial charge in [0.05, 0.1) is 0 Å². The fourth-order valence-corrected chi connectivity index (χ4v) is 1.39. The summed E-state index contributed by atoms with van der Waals surface area (Å²) in [7, 11) is 0. The summed E-state index contributed by atoms with van der Waals surface area (Å²) < 4.78 is 5.19. The SMILES string of the molecule is CC(=CCCCCCC(=O)OC(C)(C)C)C(=O)O. The third-order valence-electron chi connectivity index (χ3n) is 2.29. The fraction of sp³-hybridized carbons (Fsp3) is 0.714. The van der Waals surface area contributed by atoms with Crippen LogP contribution in [0.25, 0.3) is 0 Å². The van der Waals surface area contributed by atoms with Crippen LogP contribution in [-0.4, -0.2) is 22.6 Å². The second kappa shape index (κ2) is 7.90. The molecule has 0 aromatic heterocycles. The number of carbonyl (C=O) groups excluding carboxylic acids is 1. The van der Waals surface area contributed by atoms with Crippen LogP contribution in [-0.2, 0) is 14.3 Å². The zero-order chi connectivity index (χ0) is 14.2. The van der Waals surface area contributed by atoms with Crippen LogP contribution in [0.15, 0.2) is 11.6 Å². The molecule has 0 aromatic rings. The summed E-state index contributed by atoms with van der Waals surface area (Å²) in [4.78, 5) is 21.9. The number of rotatable bonds is 7. The van der Waals surface area contributed by atoms with Crippen molar-refractivity contribution in [3.8, 4) is 0 Å². The Labute approximate surface area is 109 Å². The molecule has 0 atom stereocenters. The molecule has 0 amide bonds. The van der Waals surface area contributed by atoms with E-state index in [2.05, 4.69) is 0 Å². The molecule has 0 aliphatic carbocycles. The van der Waals surface area contributed by atoms with Crippen LogP contribution in [0.2, 0.25) is 0 Å². The minimum Gasteiger partial charge on any atom is -0.478 e. The number of esters is 1. The van der Waals surface area contributed by atoms with E-state index >= 15 is 0 Å². The predicted octanol–water partition coefficient (Wildman–Crippen LogP) is 3.31. The van der Waals surface area contributed by atoms with Crippen molar-refractivity contribution >= 4 is 11.9 Å². The number of carboxylic acids is 1. The second-order valence-electron chi connectivity index (χ2n) is 5.38. The van der Waals surface area contributed by atoms with Crippen molar-refractivity contribution in [2.45, 2.75) is 65.4 Å². The maximum Gasteiger partial charge on any atom is 0.330 e. The number of unbranched alkanes of at least 4 members (excludes halogenated alkanes) is 3. The average Bonchev–Trinajstić information content (AvgIpc) is 2.19. The Balaban J connectivity index is 3.61. The highest BCUT2D eigenvalue weighted by atomic mass is 16.6. The molecule has 4 heteroatoms. The first kappa shape index (κ1) is 16.7. The molecule has 0 radical (unpaired) electrons. The summed E-state index contributed by atoms with van der Waals surface area (Å²) in [5.74, 6) is -1.04. The molecule has 18 heavy (non-hydrogen) atoms. The molecule has 0 aliphatic heterocycles. The van der Waals surface area contributed by atoms with Crippen LogP contribution in [0.5, 0.6) is 0 Å². The first-order chi connectivity index (χ1) is 8.22. The maximum atomic E-state index is 11.4. The largest absolute Gasteiger partial charge is 0.478 e. The van der Waals surface area contributed by atoms with E-state index in [4.69, 9.17) is 9.84 Å². The van der Waals surface area contributed by atoms with Crippen molar-refractivity contribution in [2.24, 2.45) is 0 Å². The van der Waals surface area contributed by atoms with Gasteiger partial charge >= 0.3 is 11.9 Å². The predicted molar refractivity (Wildman–Crippen MR) is 70.3 cm³/mol. The first-order valence-electron chi connectivity index (χ1n) is 6.34. The Morgan fingerprint density at radius 2 is 1.78 bits per heavy atom. The number of hydrogen-bond acceptors (Lipinski definition) is 3. The quantitative estimate of drug-likeness (QED) is 0.431. The van der Waals surface area contributed by atoms with Crippen molar-refractivity contribution < 1.29 is 19.4 Å². The molecular weight excluding hydrogens is 232 g/mol. The van der Waals surface area contributed by atoms with Gasteiger partial charge in [0.2, 0.25) is 0 Å². The van der Waals surface area contributed by atoms with Gasteiger partial charge in [0.25, 0.3) is 0 Å². The summed E-state index contributed by atoms with van der Waals surface area (Å²) in [6.45, 7) is 7.14. The van der Waals surface area contributed by atoms with Gasteiger partial charge in [0, 0.05) is 12.0 Å². The summed E-state index contributed by atoms with van der Waals surface area (Å²) in [6.07, 6.45) is 5.48. The Bertz CT molecular complexity index is 310. The second-order valence-corrected chi connectivity index (χ2v) is 5.38. The molecule has 1 N–H and O–H groups in total. The monoisotopic (exact) mass is 256 g/mol. The number of carboxylic acid groups (broad SMARTS) is 1. The summed E-state index contributed by atoms with van der Waals surface area (Å²) in [5, 5.41) is 8.64. The number of hydrogen-bond donors (Lipinski definition) is 1. The molecule has 4 nitrogen and oxygen atoms in total. The third kappa shape index (κ3) is 9.87. The van der Waals surface area contributed by atoms with E-state index in [9.17, 15) is 9.59 Å². The van der Waals surface area contributed by atoms with Crippen LogP contribution >= 0.6 is 0 Å². The van der Waals surface area contributed by atoms with Crippen molar-refractivity contribution in [1.82, 2.24) is 0 Å². The van der Waals surface area contributed by atoms with Crippen molar-refractivity contribution in [3.63, 3.8) is 0 Å². The maximum absolute atomic E-state index is 11.4. The van der Waals surface area contributed by atoms with Gasteiger partial charge in [-0.15, -0.1) is 0 Å². The highest BCUT2D eigenvalue weighted by molar-refractivity contribution is 5.85. The molecule has 0 aliphatic rings. The summed E-state index contributed by atoms with van der Waals surface area (Å²) in [5.41, 5.74) is -0.0412. The molecule has 0 fully saturated rings. The van der Waals surface area contributed by atoms with Crippen molar-refractivity contribution in [2.75, 3.05) is 0 Å². The van der Waals surface area contributed by atoms with Gasteiger partial charge in [0.1, 0.15) is 5.60 Å². The van der Waals surface area contributed by atoms with Gasteiger partial charge in [-0.25, -0.2) is 4.79 Å². The summed E-state index contributed by atoms with van der Waals surface area (Å²) >= 11 is 0. The number of allylic oxidation sites excluding steroid dienone is 1. The van der Waals surface area contributed by atoms with Crippen molar-refractivity contribution in [3.05, 3.63) is 11.6 Å². The molecule has 0 saturated heterocycles. The Hall–Kier alpha value is -1.32. The van der Waals surface area contributed by atoms with E-state index < -0.39 is 11.6 Å². The Morgan fingerprint density at radius 1 is 1.17 bits per heavy atom. The lowest BCUT2D eigenvalue weighted by Gasteiger charge is -2.19. The topological polar surface area (TPSA) is 63.6 Å². The van der Waals surface area contributed by atoms with Crippen LogP contribution in [0.4, 0.5) is 0 Å². The Morgan fingerprint density at radius 3 is 2.28 bits per heavy atom. The van der Waals surface area contributed by atoms with Crippen LogP contribution in [0.3, 0.4) is 0 Å². The molecular formula is C14H24O4. The molecule has 0 aromatic carbocycles. The van der Waals surface area contributed by atoms with E-state index in [0.717, 1.165) is 25.7 Å². The lowest BCUT2D eigenvalue weighted by atomic mass is 10.1. The standard InChI is InChI=1S/C14H24O4/c1-11(13(16)17)9-7-5-6-8-10-12(15)18-14(2,3)4/h9H,5-8,10H2,1-4H3,(H,16,17). The molecule has 0 heterocycles. The third-order valence-corrected chi connectivity index (χ3v) is 2.29. The van der Waals surface area contributed by atoms with E-state index in [-0.39, 0.29) is 5.97 Å². The normalized spacial score (nSPS) is 12.3. The minimum atomic E-state index is -0.872. The molecule has 0 unspecified atom stereocenters. The van der Waals surface area contributed by atoms with Gasteiger partial charge in [-0.2, -0.15) is 0 Å². The molecule has 0 spiro atoms. The van der Waals surface area contributed by atoms with Gasteiger partial charge < -0.3 is 9.84 Å². The zero-order valence-electron chi connectivity index (χ0n) is 11.8. The van der Waals surface area contributed by atoms with Gasteiger partial charge in [-0.1, -0.05) is 12.5 Å². The van der Waals surface area contributed by atoms with E-state index in [1.807, 2.05) is 20.8 Å². The highest BCUT2D eigenvalue weighted by Crippen LogP contribution is 2.11. The highest BCUT2D eigenvalue weighted by Gasteiger charge is 2.15. The van der Waals surface area contributed by atoms with Crippen LogP contribution in [0.1, 0.15) is 59.8 Å². The Kier molecular flexibility index (Phi) is 7.32. The zero-order valence-corrected chi connectivity index (χ0v) is 11.8. The smallest absolute Gasteiger partial charge is 0.330 e. The molecule has 104 valence electrons. The fourth-order valence-electron chi connectivity index (χ4n) is 1.39. The van der Waals surface area contributed by atoms with Crippen LogP contribution < -0.4 is 0 Å². The molecule has 0 bridgehead atoms. The minimum absolute atomic E-state index is 0.167. The lowest BCUT2D eigenvalue weighted by Crippen LogP contribution is -2.23. The van der Waals surface area contributed by atoms with Gasteiger partial charge in [0.15, 0.2) is 0 Å². The van der Waals surface area contributed by atoms with E-state index in [0.29, 0.717) is 12.0 Å². The van der Waals surface area contributed by atoms with Crippen LogP contribution in [0, 0.1) is 0 Å². The molecule has 0 rings (SSSR count). The van der Waals surface area contributed by atoms with Gasteiger partial charge in [-0.3, -0.25) is 4.79 Å². The van der Waals surface area contributed by atoms with Crippen molar-refractivity contribution in [1.29, 1.82) is 0 Å². The number of carbonyl (C=O) groups is 2. The average molecular weight is 256 g/mol. The van der Waals surface area contributed by atoms with E-state index in [1.165, 1.54) is 0 Å².